The molecule has 102 valence electrons. The number of hydrogen-bond acceptors (Lipinski definition) is 2. The molecule has 0 radical (unpaired) electrons. The first-order valence-corrected chi connectivity index (χ1v) is 6.44. The van der Waals surface area contributed by atoms with E-state index in [0.29, 0.717) is 0 Å². The Bertz CT molecular complexity index is 546. The molecule has 2 N–H and O–H groups in total. The van der Waals surface area contributed by atoms with Gasteiger partial charge in [0.25, 0.3) is 0 Å². The van der Waals surface area contributed by atoms with Gasteiger partial charge >= 0.3 is 5.97 Å². The summed E-state index contributed by atoms with van der Waals surface area (Å²) in [5, 5.41) is 12.2. The van der Waals surface area contributed by atoms with Crippen molar-refractivity contribution in [2.24, 2.45) is 5.92 Å². The van der Waals surface area contributed by atoms with Crippen LogP contribution < -0.4 is 5.32 Å². The molecule has 0 aromatic heterocycles. The number of amides is 1. The third-order valence-electron chi connectivity index (χ3n) is 3.82. The molecular weight excluding hydrogens is 242 g/mol. The van der Waals surface area contributed by atoms with E-state index in [0.717, 1.165) is 16.8 Å². The second-order valence-electron chi connectivity index (χ2n) is 5.94. The summed E-state index contributed by atoms with van der Waals surface area (Å²) in [7, 11) is 0. The Kier molecular flexibility index (Phi) is 3.12. The van der Waals surface area contributed by atoms with E-state index in [1.807, 2.05) is 33.8 Å². The molecule has 1 aliphatic heterocycles. The quantitative estimate of drug-likeness (QED) is 0.879. The van der Waals surface area contributed by atoms with E-state index in [1.165, 1.54) is 0 Å². The molecule has 0 aliphatic carbocycles. The minimum absolute atomic E-state index is 0.00345. The molecule has 4 nitrogen and oxygen atoms in total. The Morgan fingerprint density at radius 1 is 1.32 bits per heavy atom. The number of nitrogens with one attached hydrogen (secondary N) is 1. The van der Waals surface area contributed by atoms with Gasteiger partial charge in [-0.25, -0.2) is 0 Å². The fraction of sp³-hybridized carbons (Fsp3) is 0.467. The maximum atomic E-state index is 11.9. The minimum Gasteiger partial charge on any atom is -0.481 e. The van der Waals surface area contributed by atoms with Crippen molar-refractivity contribution in [2.45, 2.75) is 39.0 Å². The van der Waals surface area contributed by atoms with Crippen molar-refractivity contribution < 1.29 is 14.7 Å². The van der Waals surface area contributed by atoms with Gasteiger partial charge in [0.1, 0.15) is 0 Å². The first-order valence-electron chi connectivity index (χ1n) is 6.44. The van der Waals surface area contributed by atoms with E-state index in [2.05, 4.69) is 5.32 Å². The molecule has 1 amide bonds. The molecule has 1 atom stereocenters. The van der Waals surface area contributed by atoms with Gasteiger partial charge in [-0.05, 0) is 37.0 Å². The lowest BCUT2D eigenvalue weighted by Crippen LogP contribution is -2.27. The predicted octanol–water partition coefficient (Wildman–Crippen LogP) is 2.74. The Labute approximate surface area is 112 Å². The van der Waals surface area contributed by atoms with E-state index >= 15 is 0 Å². The summed E-state index contributed by atoms with van der Waals surface area (Å²) in [6.07, 6.45) is 0. The van der Waals surface area contributed by atoms with E-state index in [-0.39, 0.29) is 11.8 Å². The maximum Gasteiger partial charge on any atom is 0.311 e. The van der Waals surface area contributed by atoms with Crippen LogP contribution in [0.2, 0.25) is 0 Å². The van der Waals surface area contributed by atoms with Gasteiger partial charge in [-0.15, -0.1) is 0 Å². The fourth-order valence-corrected chi connectivity index (χ4v) is 2.59. The molecule has 4 heteroatoms. The molecule has 19 heavy (non-hydrogen) atoms. The standard InChI is InChI=1S/C15H19NO3/c1-8(2)12(13(17)18)9-5-6-11-10(7-9)15(3,4)14(19)16-11/h5-8,12H,1-4H3,(H,16,19)(H,17,18). The second-order valence-corrected chi connectivity index (χ2v) is 5.94. The molecule has 1 aromatic carbocycles. The molecule has 0 saturated heterocycles. The highest BCUT2D eigenvalue weighted by atomic mass is 16.4. The highest BCUT2D eigenvalue weighted by molar-refractivity contribution is 6.05. The predicted molar refractivity (Wildman–Crippen MR) is 73.3 cm³/mol. The van der Waals surface area contributed by atoms with Crippen LogP contribution in [-0.4, -0.2) is 17.0 Å². The highest BCUT2D eigenvalue weighted by Gasteiger charge is 2.39. The molecule has 0 spiro atoms. The summed E-state index contributed by atoms with van der Waals surface area (Å²) < 4.78 is 0. The van der Waals surface area contributed by atoms with Crippen LogP contribution in [0.3, 0.4) is 0 Å². The second kappa shape index (κ2) is 4.37. The van der Waals surface area contributed by atoms with E-state index < -0.39 is 17.3 Å². The van der Waals surface area contributed by atoms with E-state index in [4.69, 9.17) is 0 Å². The van der Waals surface area contributed by atoms with Crippen molar-refractivity contribution in [1.29, 1.82) is 0 Å². The van der Waals surface area contributed by atoms with Gasteiger partial charge in [-0.1, -0.05) is 26.0 Å². The van der Waals surface area contributed by atoms with Gasteiger partial charge in [0.05, 0.1) is 11.3 Å². The van der Waals surface area contributed by atoms with Crippen molar-refractivity contribution in [3.8, 4) is 0 Å². The Morgan fingerprint density at radius 3 is 2.47 bits per heavy atom. The van der Waals surface area contributed by atoms with Gasteiger partial charge in [0.2, 0.25) is 5.91 Å². The third-order valence-corrected chi connectivity index (χ3v) is 3.82. The van der Waals surface area contributed by atoms with Crippen molar-refractivity contribution in [1.82, 2.24) is 0 Å². The monoisotopic (exact) mass is 261 g/mol. The summed E-state index contributed by atoms with van der Waals surface area (Å²) in [6.45, 7) is 7.48. The van der Waals surface area contributed by atoms with Crippen LogP contribution >= 0.6 is 0 Å². The number of carboxylic acids is 1. The molecule has 0 fully saturated rings. The number of hydrogen-bond donors (Lipinski definition) is 2. The third kappa shape index (κ3) is 2.11. The molecule has 0 saturated carbocycles. The number of carbonyl (C=O) groups excluding carboxylic acids is 1. The summed E-state index contributed by atoms with van der Waals surface area (Å²) in [4.78, 5) is 23.3. The lowest BCUT2D eigenvalue weighted by Gasteiger charge is -2.20. The average molecular weight is 261 g/mol. The number of anilines is 1. The van der Waals surface area contributed by atoms with E-state index in [1.54, 1.807) is 12.1 Å². The maximum absolute atomic E-state index is 11.9. The van der Waals surface area contributed by atoms with Crippen LogP contribution in [0.15, 0.2) is 18.2 Å². The van der Waals surface area contributed by atoms with E-state index in [9.17, 15) is 14.7 Å². The molecule has 1 aromatic rings. The zero-order chi connectivity index (χ0) is 14.4. The first kappa shape index (κ1) is 13.6. The van der Waals surface area contributed by atoms with Crippen LogP contribution in [0.4, 0.5) is 5.69 Å². The SMILES string of the molecule is CC(C)C(C(=O)O)c1ccc2c(c1)C(C)(C)C(=O)N2. The number of fused-ring (bicyclic) bond motifs is 1. The van der Waals surface area contributed by atoms with Crippen molar-refractivity contribution in [2.75, 3.05) is 5.32 Å². The zero-order valence-electron chi connectivity index (χ0n) is 11.7. The Hall–Kier alpha value is -1.84. The number of aliphatic carboxylic acids is 1. The summed E-state index contributed by atoms with van der Waals surface area (Å²) in [5.41, 5.74) is 1.81. The summed E-state index contributed by atoms with van der Waals surface area (Å²) >= 11 is 0. The minimum atomic E-state index is -0.829. The molecule has 1 aliphatic rings. The van der Waals surface area contributed by atoms with Crippen molar-refractivity contribution >= 4 is 17.6 Å². The Balaban J connectivity index is 2.51. The molecule has 2 rings (SSSR count). The number of carbonyl (C=O) groups is 2. The van der Waals surface area contributed by atoms with Crippen molar-refractivity contribution in [3.05, 3.63) is 29.3 Å². The summed E-state index contributed by atoms with van der Waals surface area (Å²) in [5.74, 6) is -1.42. The van der Waals surface area contributed by atoms with Gasteiger partial charge in [0.15, 0.2) is 0 Å². The zero-order valence-corrected chi connectivity index (χ0v) is 11.7. The molecular formula is C15H19NO3. The molecule has 1 unspecified atom stereocenters. The van der Waals surface area contributed by atoms with Crippen molar-refractivity contribution in [3.63, 3.8) is 0 Å². The average Bonchev–Trinajstić information content (AvgIpc) is 2.50. The van der Waals surface area contributed by atoms with Crippen LogP contribution in [0.1, 0.15) is 44.7 Å². The van der Waals surface area contributed by atoms with Gasteiger partial charge < -0.3 is 10.4 Å². The highest BCUT2D eigenvalue weighted by Crippen LogP contribution is 2.39. The number of rotatable bonds is 3. The van der Waals surface area contributed by atoms with Crippen LogP contribution in [-0.2, 0) is 15.0 Å². The van der Waals surface area contributed by atoms with Gasteiger partial charge in [0, 0.05) is 5.69 Å². The van der Waals surface area contributed by atoms with Crippen LogP contribution in [0.5, 0.6) is 0 Å². The normalized spacial score (nSPS) is 18.1. The largest absolute Gasteiger partial charge is 0.481 e. The first-order chi connectivity index (χ1) is 8.75. The Morgan fingerprint density at radius 2 is 1.95 bits per heavy atom. The lowest BCUT2D eigenvalue weighted by molar-refractivity contribution is -0.139. The van der Waals surface area contributed by atoms with Crippen LogP contribution in [0.25, 0.3) is 0 Å². The lowest BCUT2D eigenvalue weighted by atomic mass is 9.82. The van der Waals surface area contributed by atoms with Crippen LogP contribution in [0, 0.1) is 5.92 Å². The smallest absolute Gasteiger partial charge is 0.311 e. The molecule has 1 heterocycles. The summed E-state index contributed by atoms with van der Waals surface area (Å²) in [6, 6.07) is 5.45. The number of benzene rings is 1. The van der Waals surface area contributed by atoms with Gasteiger partial charge in [-0.3, -0.25) is 9.59 Å². The molecule has 0 bridgehead atoms. The topological polar surface area (TPSA) is 66.4 Å². The number of carboxylic acid groups (broad SMARTS) is 1. The fourth-order valence-electron chi connectivity index (χ4n) is 2.59. The van der Waals surface area contributed by atoms with Gasteiger partial charge in [-0.2, -0.15) is 0 Å².